The van der Waals surface area contributed by atoms with Crippen LogP contribution in [0.25, 0.3) is 5.65 Å². The zero-order chi connectivity index (χ0) is 13.5. The van der Waals surface area contributed by atoms with Crippen LogP contribution < -0.4 is 5.73 Å². The van der Waals surface area contributed by atoms with Crippen molar-refractivity contribution in [3.8, 4) is 0 Å². The fraction of sp³-hybridized carbons (Fsp3) is 0.571. The first-order chi connectivity index (χ1) is 9.06. The van der Waals surface area contributed by atoms with Gasteiger partial charge in [0.1, 0.15) is 0 Å². The molecule has 0 radical (unpaired) electrons. The summed E-state index contributed by atoms with van der Waals surface area (Å²) in [6.07, 6.45) is 8.57. The molecule has 19 heavy (non-hydrogen) atoms. The Morgan fingerprint density at radius 1 is 1.42 bits per heavy atom. The Kier molecular flexibility index (Phi) is 3.03. The fourth-order valence-corrected chi connectivity index (χ4v) is 2.86. The van der Waals surface area contributed by atoms with Crippen molar-refractivity contribution in [2.45, 2.75) is 32.9 Å². The molecule has 3 rings (SSSR count). The lowest BCUT2D eigenvalue weighted by Gasteiger charge is -2.42. The first kappa shape index (κ1) is 12.6. The molecule has 0 amide bonds. The second-order valence-corrected chi connectivity index (χ2v) is 6.15. The minimum Gasteiger partial charge on any atom is -0.327 e. The van der Waals surface area contributed by atoms with E-state index in [1.165, 1.54) is 5.69 Å². The fourth-order valence-electron chi connectivity index (χ4n) is 2.86. The molecule has 5 heteroatoms. The molecule has 2 aromatic rings. The highest BCUT2D eigenvalue weighted by Crippen LogP contribution is 2.28. The molecule has 0 aliphatic carbocycles. The number of hydrogen-bond acceptors (Lipinski definition) is 4. The van der Waals surface area contributed by atoms with Crippen LogP contribution in [-0.2, 0) is 6.54 Å². The second-order valence-electron chi connectivity index (χ2n) is 6.15. The summed E-state index contributed by atoms with van der Waals surface area (Å²) in [6.45, 7) is 7.52. The molecule has 1 fully saturated rings. The van der Waals surface area contributed by atoms with Gasteiger partial charge in [0.05, 0.1) is 18.1 Å². The molecule has 0 bridgehead atoms. The maximum absolute atomic E-state index is 6.19. The van der Waals surface area contributed by atoms with Crippen molar-refractivity contribution in [1.82, 2.24) is 19.3 Å². The number of nitrogens with zero attached hydrogens (tertiary/aromatic N) is 4. The average molecular weight is 259 g/mol. The van der Waals surface area contributed by atoms with Gasteiger partial charge in [-0.2, -0.15) is 0 Å². The van der Waals surface area contributed by atoms with Crippen molar-refractivity contribution in [1.29, 1.82) is 0 Å². The average Bonchev–Trinajstić information content (AvgIpc) is 2.77. The lowest BCUT2D eigenvalue weighted by Crippen LogP contribution is -2.52. The number of rotatable bonds is 2. The Morgan fingerprint density at radius 3 is 3.05 bits per heavy atom. The van der Waals surface area contributed by atoms with Crippen molar-refractivity contribution in [2.75, 3.05) is 13.1 Å². The molecule has 2 aromatic heterocycles. The molecule has 1 saturated heterocycles. The molecule has 1 aliphatic rings. The highest BCUT2D eigenvalue weighted by atomic mass is 15.2. The molecular formula is C14H21N5. The summed E-state index contributed by atoms with van der Waals surface area (Å²) in [5.74, 6) is 0. The quantitative estimate of drug-likeness (QED) is 0.883. The first-order valence-corrected chi connectivity index (χ1v) is 6.80. The number of nitrogens with two attached hydrogens (primary N) is 1. The number of hydrogen-bond donors (Lipinski definition) is 1. The number of fused-ring (bicyclic) bond motifs is 1. The molecule has 102 valence electrons. The molecule has 3 heterocycles. The third kappa shape index (κ3) is 2.35. The summed E-state index contributed by atoms with van der Waals surface area (Å²) in [7, 11) is 0. The van der Waals surface area contributed by atoms with Crippen molar-refractivity contribution in [3.05, 3.63) is 30.5 Å². The third-order valence-corrected chi connectivity index (χ3v) is 4.17. The summed E-state index contributed by atoms with van der Waals surface area (Å²) in [4.78, 5) is 10.9. The van der Waals surface area contributed by atoms with Crippen LogP contribution in [0.15, 0.2) is 24.8 Å². The van der Waals surface area contributed by atoms with Gasteiger partial charge < -0.3 is 5.73 Å². The Hall–Kier alpha value is -1.46. The first-order valence-electron chi connectivity index (χ1n) is 6.80. The smallest absolute Gasteiger partial charge is 0.155 e. The molecule has 5 nitrogen and oxygen atoms in total. The molecular weight excluding hydrogens is 238 g/mol. The summed E-state index contributed by atoms with van der Waals surface area (Å²) >= 11 is 0. The lowest BCUT2D eigenvalue weighted by molar-refractivity contribution is 0.0887. The van der Waals surface area contributed by atoms with E-state index in [0.717, 1.165) is 31.7 Å². The van der Waals surface area contributed by atoms with Gasteiger partial charge in [-0.15, -0.1) is 0 Å². The Labute approximate surface area is 113 Å². The maximum Gasteiger partial charge on any atom is 0.155 e. The van der Waals surface area contributed by atoms with E-state index in [1.54, 1.807) is 12.4 Å². The van der Waals surface area contributed by atoms with Crippen LogP contribution in [0.5, 0.6) is 0 Å². The number of piperidine rings is 1. The predicted octanol–water partition coefficient (Wildman–Crippen LogP) is 1.29. The molecule has 1 aliphatic heterocycles. The van der Waals surface area contributed by atoms with Crippen LogP contribution >= 0.6 is 0 Å². The standard InChI is InChI=1S/C14H21N5/c1-14(2)10-18(5-3-12(14)15)9-11-7-17-13-8-16-4-6-19(11)13/h4,6-8,12H,3,5,9-10,15H2,1-2H3. The number of imidazole rings is 1. The highest BCUT2D eigenvalue weighted by Gasteiger charge is 2.33. The zero-order valence-corrected chi connectivity index (χ0v) is 11.6. The van der Waals surface area contributed by atoms with E-state index in [4.69, 9.17) is 5.73 Å². The number of aromatic nitrogens is 3. The van der Waals surface area contributed by atoms with Crippen LogP contribution in [0.2, 0.25) is 0 Å². The molecule has 0 spiro atoms. The minimum atomic E-state index is 0.181. The van der Waals surface area contributed by atoms with Gasteiger partial charge in [-0.25, -0.2) is 4.98 Å². The summed E-state index contributed by atoms with van der Waals surface area (Å²) in [5.41, 5.74) is 8.49. The molecule has 0 saturated carbocycles. The van der Waals surface area contributed by atoms with Gasteiger partial charge in [0.15, 0.2) is 5.65 Å². The summed E-state index contributed by atoms with van der Waals surface area (Å²) in [5, 5.41) is 0. The van der Waals surface area contributed by atoms with E-state index in [1.807, 2.05) is 12.4 Å². The summed E-state index contributed by atoms with van der Waals surface area (Å²) in [6, 6.07) is 0.301. The van der Waals surface area contributed by atoms with E-state index < -0.39 is 0 Å². The Bertz CT molecular complexity index is 574. The largest absolute Gasteiger partial charge is 0.327 e. The lowest BCUT2D eigenvalue weighted by atomic mass is 9.80. The van der Waals surface area contributed by atoms with E-state index in [-0.39, 0.29) is 5.41 Å². The van der Waals surface area contributed by atoms with Crippen molar-refractivity contribution in [3.63, 3.8) is 0 Å². The van der Waals surface area contributed by atoms with Crippen LogP contribution in [0.1, 0.15) is 26.0 Å². The van der Waals surface area contributed by atoms with E-state index in [9.17, 15) is 0 Å². The van der Waals surface area contributed by atoms with Crippen LogP contribution in [0.3, 0.4) is 0 Å². The SMILES string of the molecule is CC1(C)CN(Cc2cnc3cnccn23)CCC1N. The van der Waals surface area contributed by atoms with E-state index >= 15 is 0 Å². The normalized spacial score (nSPS) is 23.8. The van der Waals surface area contributed by atoms with Gasteiger partial charge in [0.2, 0.25) is 0 Å². The van der Waals surface area contributed by atoms with Gasteiger partial charge >= 0.3 is 0 Å². The van der Waals surface area contributed by atoms with Gasteiger partial charge in [-0.05, 0) is 11.8 Å². The molecule has 2 N–H and O–H groups in total. The van der Waals surface area contributed by atoms with Crippen LogP contribution in [0.4, 0.5) is 0 Å². The van der Waals surface area contributed by atoms with E-state index in [2.05, 4.69) is 33.1 Å². The Morgan fingerprint density at radius 2 is 2.26 bits per heavy atom. The second kappa shape index (κ2) is 4.58. The predicted molar refractivity (Wildman–Crippen MR) is 74.6 cm³/mol. The van der Waals surface area contributed by atoms with Crippen LogP contribution in [0, 0.1) is 5.41 Å². The van der Waals surface area contributed by atoms with Gasteiger partial charge in [0.25, 0.3) is 0 Å². The van der Waals surface area contributed by atoms with Crippen molar-refractivity contribution >= 4 is 5.65 Å². The van der Waals surface area contributed by atoms with Crippen molar-refractivity contribution in [2.24, 2.45) is 11.1 Å². The van der Waals surface area contributed by atoms with E-state index in [0.29, 0.717) is 6.04 Å². The number of likely N-dealkylation sites (tertiary alicyclic amines) is 1. The third-order valence-electron chi connectivity index (χ3n) is 4.17. The van der Waals surface area contributed by atoms with Crippen molar-refractivity contribution < 1.29 is 0 Å². The minimum absolute atomic E-state index is 0.181. The van der Waals surface area contributed by atoms with Gasteiger partial charge in [-0.1, -0.05) is 13.8 Å². The molecule has 1 atom stereocenters. The van der Waals surface area contributed by atoms with Gasteiger partial charge in [0, 0.05) is 38.1 Å². The topological polar surface area (TPSA) is 59.5 Å². The summed E-state index contributed by atoms with van der Waals surface area (Å²) < 4.78 is 2.11. The van der Waals surface area contributed by atoms with Crippen LogP contribution in [-0.4, -0.2) is 38.4 Å². The molecule has 0 aromatic carbocycles. The molecule has 1 unspecified atom stereocenters. The zero-order valence-electron chi connectivity index (χ0n) is 11.6. The van der Waals surface area contributed by atoms with Gasteiger partial charge in [-0.3, -0.25) is 14.3 Å². The monoisotopic (exact) mass is 259 g/mol. The Balaban J connectivity index is 1.79. The highest BCUT2D eigenvalue weighted by molar-refractivity contribution is 5.36. The maximum atomic E-state index is 6.19.